The number of pyridine rings is 2. The first-order valence-electron chi connectivity index (χ1n) is 13.1. The molecule has 0 spiro atoms. The van der Waals surface area contributed by atoms with Crippen molar-refractivity contribution in [1.29, 1.82) is 0 Å². The molecule has 0 unspecified atom stereocenters. The van der Waals surface area contributed by atoms with E-state index in [-0.39, 0.29) is 5.56 Å². The van der Waals surface area contributed by atoms with E-state index in [0.717, 1.165) is 88.4 Å². The highest BCUT2D eigenvalue weighted by atomic mass is 16.1. The highest BCUT2D eigenvalue weighted by Gasteiger charge is 2.20. The molecule has 3 aromatic heterocycles. The quantitative estimate of drug-likeness (QED) is 0.324. The maximum atomic E-state index is 13.3. The molecule has 0 saturated carbocycles. The number of benzene rings is 2. The lowest BCUT2D eigenvalue weighted by molar-refractivity contribution is 0.182. The van der Waals surface area contributed by atoms with Crippen molar-refractivity contribution in [2.24, 2.45) is 0 Å². The fraction of sp³-hybridized carbons (Fsp3) is 0.219. The smallest absolute Gasteiger partial charge is 0.255 e. The number of hydrogen-bond acceptors (Lipinski definition) is 5. The van der Waals surface area contributed by atoms with Crippen molar-refractivity contribution in [2.45, 2.75) is 12.8 Å². The number of aromatic nitrogens is 3. The Morgan fingerprint density at radius 1 is 0.816 bits per heavy atom. The minimum Gasteiger partial charge on any atom is -0.372 e. The molecule has 1 fully saturated rings. The molecule has 0 atom stereocenters. The molecule has 2 aromatic carbocycles. The summed E-state index contributed by atoms with van der Waals surface area (Å²) in [4.78, 5) is 27.0. The molecule has 1 aliphatic heterocycles. The number of likely N-dealkylation sites (N-methyl/N-ethyl adjacent to an activating group) is 1. The summed E-state index contributed by atoms with van der Waals surface area (Å²) in [6.07, 6.45) is 12.6. The molecule has 6 nitrogen and oxygen atoms in total. The first-order chi connectivity index (χ1) is 18.6. The van der Waals surface area contributed by atoms with Crippen LogP contribution < -0.4 is 5.56 Å². The Labute approximate surface area is 221 Å². The van der Waals surface area contributed by atoms with Gasteiger partial charge in [-0.2, -0.15) is 0 Å². The molecule has 186 valence electrons. The lowest BCUT2D eigenvalue weighted by Gasteiger charge is -2.36. The Hall–Kier alpha value is -4.47. The maximum absolute atomic E-state index is 13.3. The van der Waals surface area contributed by atoms with Gasteiger partial charge in [-0.05, 0) is 79.6 Å². The van der Waals surface area contributed by atoms with Gasteiger partial charge in [-0.15, -0.1) is 0 Å². The number of hydrogen-bond donors (Lipinski definition) is 0. The third kappa shape index (κ3) is 3.93. The van der Waals surface area contributed by atoms with Crippen LogP contribution in [0.25, 0.3) is 49.4 Å². The summed E-state index contributed by atoms with van der Waals surface area (Å²) in [5, 5.41) is 3.93. The fourth-order valence-corrected chi connectivity index (χ4v) is 5.69. The maximum Gasteiger partial charge on any atom is 0.255 e. The van der Waals surface area contributed by atoms with Crippen LogP contribution in [0.2, 0.25) is 0 Å². The zero-order chi connectivity index (χ0) is 25.6. The summed E-state index contributed by atoms with van der Waals surface area (Å²) in [7, 11) is 2.18. The zero-order valence-corrected chi connectivity index (χ0v) is 21.3. The van der Waals surface area contributed by atoms with Crippen LogP contribution in [0.5, 0.6) is 0 Å². The van der Waals surface area contributed by atoms with Crippen LogP contribution in [-0.4, -0.2) is 57.6 Å². The third-order valence-electron chi connectivity index (χ3n) is 7.86. The molecule has 2 aliphatic rings. The molecule has 5 aromatic rings. The van der Waals surface area contributed by atoms with Crippen molar-refractivity contribution in [3.05, 3.63) is 101 Å². The van der Waals surface area contributed by atoms with Gasteiger partial charge in [-0.25, -0.2) is 4.98 Å². The van der Waals surface area contributed by atoms with E-state index in [1.54, 1.807) is 6.07 Å². The van der Waals surface area contributed by atoms with E-state index < -0.39 is 0 Å². The molecule has 1 aliphatic carbocycles. The van der Waals surface area contributed by atoms with Gasteiger partial charge in [0.25, 0.3) is 5.56 Å². The summed E-state index contributed by atoms with van der Waals surface area (Å²) in [6, 6.07) is 19.1. The van der Waals surface area contributed by atoms with Crippen molar-refractivity contribution in [1.82, 2.24) is 24.3 Å². The summed E-state index contributed by atoms with van der Waals surface area (Å²) >= 11 is 0. The van der Waals surface area contributed by atoms with Crippen LogP contribution in [0.1, 0.15) is 12.8 Å². The van der Waals surface area contributed by atoms with Gasteiger partial charge in [-0.1, -0.05) is 12.1 Å². The van der Waals surface area contributed by atoms with Crippen LogP contribution in [-0.2, 0) is 0 Å². The minimum absolute atomic E-state index is 0.0123. The van der Waals surface area contributed by atoms with Crippen molar-refractivity contribution in [2.75, 3.05) is 33.2 Å². The Kier molecular flexibility index (Phi) is 5.45. The van der Waals surface area contributed by atoms with Crippen LogP contribution in [0.15, 0.2) is 83.6 Å². The van der Waals surface area contributed by atoms with Gasteiger partial charge in [0.15, 0.2) is 0 Å². The Morgan fingerprint density at radius 2 is 1.61 bits per heavy atom. The number of nitrogens with zero attached hydrogens (tertiary/aromatic N) is 5. The van der Waals surface area contributed by atoms with Crippen LogP contribution in [0.3, 0.4) is 0 Å². The van der Waals surface area contributed by atoms with Gasteiger partial charge in [0, 0.05) is 83.8 Å². The fourth-order valence-electron chi connectivity index (χ4n) is 5.69. The van der Waals surface area contributed by atoms with Gasteiger partial charge < -0.3 is 9.80 Å². The molecular formula is C32H27N5O. The summed E-state index contributed by atoms with van der Waals surface area (Å²) in [5.74, 6) is 0. The first kappa shape index (κ1) is 22.7. The van der Waals surface area contributed by atoms with E-state index in [1.807, 2.05) is 35.2 Å². The van der Waals surface area contributed by atoms with Crippen molar-refractivity contribution < 1.29 is 0 Å². The topological polar surface area (TPSA) is 54.3 Å². The normalized spacial score (nSPS) is 16.5. The van der Waals surface area contributed by atoms with E-state index in [2.05, 4.69) is 70.5 Å². The van der Waals surface area contributed by atoms with E-state index in [9.17, 15) is 4.79 Å². The third-order valence-corrected chi connectivity index (χ3v) is 7.86. The van der Waals surface area contributed by atoms with Gasteiger partial charge in [-0.3, -0.25) is 14.3 Å². The SMILES string of the molecule is CN1CCN(C2=CC=C(n3c(=O)ccc4cnc5ccc(-c6ccc7c#cncc7c6)cc5c43)CC2)CC1. The van der Waals surface area contributed by atoms with Gasteiger partial charge in [0.1, 0.15) is 0 Å². The molecule has 38 heavy (non-hydrogen) atoms. The van der Waals surface area contributed by atoms with E-state index >= 15 is 0 Å². The predicted octanol–water partition coefficient (Wildman–Crippen LogP) is 5.13. The Bertz CT molecular complexity index is 1830. The van der Waals surface area contributed by atoms with E-state index in [0.29, 0.717) is 0 Å². The molecule has 0 radical (unpaired) electrons. The molecule has 1 saturated heterocycles. The van der Waals surface area contributed by atoms with Gasteiger partial charge >= 0.3 is 0 Å². The highest BCUT2D eigenvalue weighted by molar-refractivity contribution is 6.06. The number of fused-ring (bicyclic) bond motifs is 4. The highest BCUT2D eigenvalue weighted by Crippen LogP contribution is 2.32. The van der Waals surface area contributed by atoms with E-state index in [4.69, 9.17) is 4.98 Å². The number of allylic oxidation sites excluding steroid dienone is 4. The lowest BCUT2D eigenvalue weighted by atomic mass is 9.99. The summed E-state index contributed by atoms with van der Waals surface area (Å²) < 4.78 is 1.90. The first-order valence-corrected chi connectivity index (χ1v) is 13.1. The monoisotopic (exact) mass is 497 g/mol. The minimum atomic E-state index is -0.0123. The van der Waals surface area contributed by atoms with Crippen LogP contribution >= 0.6 is 0 Å². The Balaban J connectivity index is 1.36. The second-order valence-corrected chi connectivity index (χ2v) is 10.2. The van der Waals surface area contributed by atoms with Crippen LogP contribution in [0, 0.1) is 12.3 Å². The second-order valence-electron chi connectivity index (χ2n) is 10.2. The largest absolute Gasteiger partial charge is 0.372 e. The van der Waals surface area contributed by atoms with Crippen molar-refractivity contribution >= 4 is 38.3 Å². The molecule has 0 bridgehead atoms. The average molecular weight is 498 g/mol. The molecule has 0 N–H and O–H groups in total. The lowest BCUT2D eigenvalue weighted by Crippen LogP contribution is -2.44. The van der Waals surface area contributed by atoms with Gasteiger partial charge in [0.2, 0.25) is 0 Å². The van der Waals surface area contributed by atoms with Gasteiger partial charge in [0.05, 0.1) is 11.0 Å². The number of piperazine rings is 1. The van der Waals surface area contributed by atoms with E-state index in [1.165, 1.54) is 5.70 Å². The predicted molar refractivity (Wildman–Crippen MR) is 153 cm³/mol. The van der Waals surface area contributed by atoms with Crippen LogP contribution in [0.4, 0.5) is 0 Å². The molecule has 4 heterocycles. The van der Waals surface area contributed by atoms with Crippen molar-refractivity contribution in [3.63, 3.8) is 0 Å². The number of rotatable bonds is 3. The summed E-state index contributed by atoms with van der Waals surface area (Å²) in [6.45, 7) is 4.28. The zero-order valence-electron chi connectivity index (χ0n) is 21.3. The molecule has 7 rings (SSSR count). The Morgan fingerprint density at radius 3 is 2.45 bits per heavy atom. The molecule has 0 amide bonds. The average Bonchev–Trinajstić information content (AvgIpc) is 2.97. The summed E-state index contributed by atoms with van der Waals surface area (Å²) in [5.41, 5.74) is 6.32. The molecular weight excluding hydrogens is 470 g/mol. The molecule has 6 heteroatoms. The second kappa shape index (κ2) is 9.13. The standard InChI is InChI=1S/C32H27N5O/c1-35-14-16-36(17-15-35)27-6-8-28(9-7-27)37-31(38)11-5-25-21-34-30-10-4-24(19-29(30)32(25)37)23-3-2-22-12-13-33-20-26(22)18-23/h2-6,8,10-11,18-21H,7,9,14-17H2,1H3. The van der Waals surface area contributed by atoms with Crippen molar-refractivity contribution in [3.8, 4) is 11.1 Å².